The molecule has 288 valence electrons. The molecule has 0 unspecified atom stereocenters. The molecular formula is C58H45NO. The molecule has 0 N–H and O–H groups in total. The Balaban J connectivity index is 1.06. The van der Waals surface area contributed by atoms with Gasteiger partial charge in [0.25, 0.3) is 0 Å². The average Bonchev–Trinajstić information content (AvgIpc) is 3.84. The first-order valence-corrected chi connectivity index (χ1v) is 22.0. The van der Waals surface area contributed by atoms with E-state index >= 15 is 0 Å². The highest BCUT2D eigenvalue weighted by atomic mass is 16.3. The van der Waals surface area contributed by atoms with Crippen LogP contribution in [0.1, 0.15) is 43.2 Å². The third kappa shape index (κ3) is 4.88. The molecule has 4 bridgehead atoms. The third-order valence-corrected chi connectivity index (χ3v) is 15.1. The van der Waals surface area contributed by atoms with Crippen molar-refractivity contribution in [1.82, 2.24) is 0 Å². The van der Waals surface area contributed by atoms with E-state index in [2.05, 4.69) is 193 Å². The first-order chi connectivity index (χ1) is 29.7. The first-order valence-electron chi connectivity index (χ1n) is 22.0. The molecule has 1 spiro atoms. The van der Waals surface area contributed by atoms with Crippen LogP contribution in [0.4, 0.5) is 17.1 Å². The van der Waals surface area contributed by atoms with Crippen molar-refractivity contribution in [1.29, 1.82) is 0 Å². The largest absolute Gasteiger partial charge is 0.455 e. The molecule has 9 aromatic rings. The number of fused-ring (bicyclic) bond motifs is 6. The maximum Gasteiger partial charge on any atom is 0.145 e. The summed E-state index contributed by atoms with van der Waals surface area (Å²) in [5, 5.41) is 2.23. The van der Waals surface area contributed by atoms with E-state index in [-0.39, 0.29) is 5.41 Å². The standard InChI is InChI=1S/C58H45NO/c1-3-14-39(15-4-1)40-26-28-44(29-27-40)59(53-31-30-45(41-16-5-2-6-17-41)57-56(53)49-20-9-12-25-54(49)60-57)52-24-11-8-18-46(52)47-21-13-23-51-55(47)48-19-7-10-22-50(48)58(51)42-33-37-32-38(35-42)36-43(58)34-37/h1-31,37-38,42-43H,32-36H2. The molecule has 2 heteroatoms. The maximum absolute atomic E-state index is 6.88. The van der Waals surface area contributed by atoms with Gasteiger partial charge in [0, 0.05) is 27.6 Å². The van der Waals surface area contributed by atoms with Crippen LogP contribution in [0.2, 0.25) is 0 Å². The number of benzene rings is 8. The van der Waals surface area contributed by atoms with Gasteiger partial charge >= 0.3 is 0 Å². The van der Waals surface area contributed by atoms with Crippen molar-refractivity contribution in [2.75, 3.05) is 4.90 Å². The van der Waals surface area contributed by atoms with Crippen molar-refractivity contribution < 1.29 is 4.42 Å². The molecule has 14 rings (SSSR count). The Labute approximate surface area is 351 Å². The van der Waals surface area contributed by atoms with Crippen LogP contribution in [-0.2, 0) is 5.41 Å². The van der Waals surface area contributed by atoms with E-state index in [1.165, 1.54) is 65.5 Å². The summed E-state index contributed by atoms with van der Waals surface area (Å²) < 4.78 is 6.88. The lowest BCUT2D eigenvalue weighted by molar-refractivity contribution is -0.0399. The number of hydrogen-bond donors (Lipinski definition) is 0. The second-order valence-corrected chi connectivity index (χ2v) is 18.0. The molecule has 0 amide bonds. The van der Waals surface area contributed by atoms with E-state index in [4.69, 9.17) is 4.42 Å². The summed E-state index contributed by atoms with van der Waals surface area (Å²) in [6, 6.07) is 69.6. The average molecular weight is 772 g/mol. The van der Waals surface area contributed by atoms with Crippen LogP contribution < -0.4 is 4.90 Å². The van der Waals surface area contributed by atoms with Gasteiger partial charge < -0.3 is 9.32 Å². The molecule has 1 aromatic heterocycles. The zero-order valence-corrected chi connectivity index (χ0v) is 33.6. The summed E-state index contributed by atoms with van der Waals surface area (Å²) in [4.78, 5) is 2.50. The van der Waals surface area contributed by atoms with Gasteiger partial charge in [-0.05, 0) is 137 Å². The fraction of sp³-hybridized carbons (Fsp3) is 0.172. The quantitative estimate of drug-likeness (QED) is 0.167. The van der Waals surface area contributed by atoms with Crippen LogP contribution >= 0.6 is 0 Å². The molecule has 5 aliphatic rings. The van der Waals surface area contributed by atoms with E-state index in [1.807, 2.05) is 0 Å². The number of furan rings is 1. The molecule has 4 saturated carbocycles. The van der Waals surface area contributed by atoms with Crippen LogP contribution in [0.25, 0.3) is 66.4 Å². The summed E-state index contributed by atoms with van der Waals surface area (Å²) >= 11 is 0. The van der Waals surface area contributed by atoms with E-state index in [9.17, 15) is 0 Å². The van der Waals surface area contributed by atoms with Crippen LogP contribution in [-0.4, -0.2) is 0 Å². The van der Waals surface area contributed by atoms with Crippen molar-refractivity contribution in [2.24, 2.45) is 23.7 Å². The van der Waals surface area contributed by atoms with E-state index in [0.717, 1.165) is 62.0 Å². The summed E-state index contributed by atoms with van der Waals surface area (Å²) in [5.74, 6) is 3.24. The van der Waals surface area contributed by atoms with Crippen LogP contribution in [0.3, 0.4) is 0 Å². The van der Waals surface area contributed by atoms with Crippen LogP contribution in [0.15, 0.2) is 192 Å². The van der Waals surface area contributed by atoms with Crippen LogP contribution in [0.5, 0.6) is 0 Å². The van der Waals surface area contributed by atoms with Gasteiger partial charge in [-0.2, -0.15) is 0 Å². The lowest BCUT2D eigenvalue weighted by Crippen LogP contribution is -2.55. The number of nitrogens with zero attached hydrogens (tertiary/aromatic N) is 1. The highest BCUT2D eigenvalue weighted by molar-refractivity contribution is 6.17. The number of hydrogen-bond acceptors (Lipinski definition) is 2. The Kier molecular flexibility index (Phi) is 7.52. The Morgan fingerprint density at radius 2 is 1.02 bits per heavy atom. The lowest BCUT2D eigenvalue weighted by atomic mass is 9.43. The molecule has 0 atom stereocenters. The monoisotopic (exact) mass is 771 g/mol. The maximum atomic E-state index is 6.88. The van der Waals surface area contributed by atoms with Gasteiger partial charge in [0.05, 0.1) is 16.8 Å². The minimum Gasteiger partial charge on any atom is -0.455 e. The molecule has 5 aliphatic carbocycles. The minimum absolute atomic E-state index is 0.104. The topological polar surface area (TPSA) is 16.4 Å². The van der Waals surface area contributed by atoms with Gasteiger partial charge in [0.1, 0.15) is 11.2 Å². The summed E-state index contributed by atoms with van der Waals surface area (Å²) in [7, 11) is 0. The predicted octanol–water partition coefficient (Wildman–Crippen LogP) is 15.8. The first kappa shape index (κ1) is 34.2. The van der Waals surface area contributed by atoms with Gasteiger partial charge in [-0.15, -0.1) is 0 Å². The van der Waals surface area contributed by atoms with E-state index < -0.39 is 0 Å². The van der Waals surface area contributed by atoms with E-state index in [1.54, 1.807) is 11.1 Å². The van der Waals surface area contributed by atoms with Gasteiger partial charge in [0.2, 0.25) is 0 Å². The zero-order valence-electron chi connectivity index (χ0n) is 33.6. The molecule has 2 nitrogen and oxygen atoms in total. The Morgan fingerprint density at radius 3 is 1.78 bits per heavy atom. The van der Waals surface area contributed by atoms with Crippen molar-refractivity contribution in [3.05, 3.63) is 199 Å². The lowest BCUT2D eigenvalue weighted by Gasteiger charge is -2.61. The van der Waals surface area contributed by atoms with Gasteiger partial charge in [-0.25, -0.2) is 0 Å². The number of para-hydroxylation sites is 2. The molecule has 8 aromatic carbocycles. The molecule has 0 aliphatic heterocycles. The summed E-state index contributed by atoms with van der Waals surface area (Å²) in [6.07, 6.45) is 6.96. The Hall–Kier alpha value is -6.64. The highest BCUT2D eigenvalue weighted by Crippen LogP contribution is 2.70. The fourth-order valence-corrected chi connectivity index (χ4v) is 13.0. The number of rotatable bonds is 6. The molecule has 60 heavy (non-hydrogen) atoms. The SMILES string of the molecule is c1ccc(-c2ccc(N(c3ccccc3-c3cccc4c3-c3ccccc3C43C4CC5CC(C4)CC3C5)c3ccc(-c4ccccc4)c4oc5ccccc5c34)cc2)cc1. The highest BCUT2D eigenvalue weighted by Gasteiger charge is 2.61. The fourth-order valence-electron chi connectivity index (χ4n) is 13.0. The molecule has 0 saturated heterocycles. The second-order valence-electron chi connectivity index (χ2n) is 18.0. The normalized spacial score (nSPS) is 22.1. The van der Waals surface area contributed by atoms with E-state index in [0.29, 0.717) is 11.8 Å². The smallest absolute Gasteiger partial charge is 0.145 e. The van der Waals surface area contributed by atoms with Crippen molar-refractivity contribution in [3.63, 3.8) is 0 Å². The van der Waals surface area contributed by atoms with Gasteiger partial charge in [-0.3, -0.25) is 0 Å². The molecule has 0 radical (unpaired) electrons. The van der Waals surface area contributed by atoms with Crippen molar-refractivity contribution in [2.45, 2.75) is 37.5 Å². The Morgan fingerprint density at radius 1 is 0.417 bits per heavy atom. The molecule has 1 heterocycles. The van der Waals surface area contributed by atoms with Gasteiger partial charge in [0.15, 0.2) is 0 Å². The minimum atomic E-state index is 0.104. The van der Waals surface area contributed by atoms with Crippen LogP contribution in [0, 0.1) is 23.7 Å². The van der Waals surface area contributed by atoms with Crippen molar-refractivity contribution in [3.8, 4) is 44.5 Å². The molecular weight excluding hydrogens is 727 g/mol. The predicted molar refractivity (Wildman–Crippen MR) is 248 cm³/mol. The van der Waals surface area contributed by atoms with Gasteiger partial charge in [-0.1, -0.05) is 152 Å². The number of anilines is 3. The zero-order chi connectivity index (χ0) is 39.4. The Bertz CT molecular complexity index is 3070. The molecule has 4 fully saturated rings. The summed E-state index contributed by atoms with van der Waals surface area (Å²) in [6.45, 7) is 0. The third-order valence-electron chi connectivity index (χ3n) is 15.1. The summed E-state index contributed by atoms with van der Waals surface area (Å²) in [5.41, 5.74) is 18.5. The second kappa shape index (κ2) is 13.2. The van der Waals surface area contributed by atoms with Crippen molar-refractivity contribution >= 4 is 39.0 Å².